The number of phenolic OH excluding ortho intramolecular Hbond substituents is 1. The number of thiazole rings is 1. The van der Waals surface area contributed by atoms with Gasteiger partial charge in [-0.15, -0.1) is 11.3 Å². The number of fused-ring (bicyclic) bond motifs is 1. The van der Waals surface area contributed by atoms with Crippen LogP contribution in [-0.4, -0.2) is 29.4 Å². The standard InChI is InChI=1S/C17H15ClN2O3S2/c18-11-3-6-13(7-4-11)25(22,23)20-9-1-2-15(20)17-19-14-8-5-12(21)10-16(14)24-17/h3-8,10,15,21H,1-2,9H2. The highest BCUT2D eigenvalue weighted by Crippen LogP contribution is 2.40. The number of phenols is 1. The van der Waals surface area contributed by atoms with E-state index in [2.05, 4.69) is 4.98 Å². The van der Waals surface area contributed by atoms with Crippen molar-refractivity contribution in [1.82, 2.24) is 9.29 Å². The lowest BCUT2D eigenvalue weighted by atomic mass is 10.2. The molecule has 0 radical (unpaired) electrons. The Kier molecular flexibility index (Phi) is 4.19. The second-order valence-electron chi connectivity index (χ2n) is 5.93. The van der Waals surface area contributed by atoms with Crippen LogP contribution in [0.2, 0.25) is 5.02 Å². The number of rotatable bonds is 3. The predicted octanol–water partition coefficient (Wildman–Crippen LogP) is 4.18. The summed E-state index contributed by atoms with van der Waals surface area (Å²) in [4.78, 5) is 4.83. The molecule has 1 fully saturated rings. The van der Waals surface area contributed by atoms with Gasteiger partial charge < -0.3 is 5.11 Å². The molecular formula is C17H15ClN2O3S2. The van der Waals surface area contributed by atoms with Gasteiger partial charge in [-0.1, -0.05) is 11.6 Å². The number of nitrogens with zero attached hydrogens (tertiary/aromatic N) is 2. The van der Waals surface area contributed by atoms with Crippen LogP contribution in [0, 0.1) is 0 Å². The highest BCUT2D eigenvalue weighted by molar-refractivity contribution is 7.89. The first-order chi connectivity index (χ1) is 11.9. The van der Waals surface area contributed by atoms with E-state index < -0.39 is 10.0 Å². The monoisotopic (exact) mass is 394 g/mol. The molecule has 1 aliphatic rings. The average molecular weight is 395 g/mol. The summed E-state index contributed by atoms with van der Waals surface area (Å²) in [6, 6.07) is 10.9. The Balaban J connectivity index is 1.73. The Morgan fingerprint density at radius 2 is 1.96 bits per heavy atom. The molecular weight excluding hydrogens is 380 g/mol. The first kappa shape index (κ1) is 16.8. The molecule has 1 atom stereocenters. The molecule has 0 saturated carbocycles. The summed E-state index contributed by atoms with van der Waals surface area (Å²) >= 11 is 7.29. The fourth-order valence-electron chi connectivity index (χ4n) is 3.09. The highest BCUT2D eigenvalue weighted by Gasteiger charge is 2.37. The van der Waals surface area contributed by atoms with Gasteiger partial charge in [-0.05, 0) is 55.3 Å². The molecule has 3 aromatic rings. The summed E-state index contributed by atoms with van der Waals surface area (Å²) in [5.41, 5.74) is 0.772. The average Bonchev–Trinajstić information content (AvgIpc) is 3.21. The molecule has 5 nitrogen and oxygen atoms in total. The zero-order valence-electron chi connectivity index (χ0n) is 13.1. The number of hydrogen-bond donors (Lipinski definition) is 1. The first-order valence-electron chi connectivity index (χ1n) is 7.82. The Morgan fingerprint density at radius 1 is 1.20 bits per heavy atom. The van der Waals surface area contributed by atoms with Crippen molar-refractivity contribution < 1.29 is 13.5 Å². The zero-order chi connectivity index (χ0) is 17.6. The Labute approximate surface area is 154 Å². The van der Waals surface area contributed by atoms with E-state index in [1.807, 2.05) is 0 Å². The van der Waals surface area contributed by atoms with Gasteiger partial charge >= 0.3 is 0 Å². The van der Waals surface area contributed by atoms with Crippen LogP contribution in [0.1, 0.15) is 23.9 Å². The van der Waals surface area contributed by atoms with E-state index in [4.69, 9.17) is 11.6 Å². The smallest absolute Gasteiger partial charge is 0.243 e. The normalized spacial score (nSPS) is 18.8. The van der Waals surface area contributed by atoms with Crippen LogP contribution in [0.25, 0.3) is 10.2 Å². The van der Waals surface area contributed by atoms with Crippen LogP contribution < -0.4 is 0 Å². The minimum Gasteiger partial charge on any atom is -0.508 e. The van der Waals surface area contributed by atoms with E-state index in [0.29, 0.717) is 11.6 Å². The van der Waals surface area contributed by atoms with Gasteiger partial charge in [0.1, 0.15) is 10.8 Å². The third-order valence-corrected chi connectivity index (χ3v) is 7.59. The second kappa shape index (κ2) is 6.25. The largest absolute Gasteiger partial charge is 0.508 e. The van der Waals surface area contributed by atoms with E-state index in [-0.39, 0.29) is 16.7 Å². The van der Waals surface area contributed by atoms with Crippen molar-refractivity contribution in [2.24, 2.45) is 0 Å². The van der Waals surface area contributed by atoms with E-state index in [9.17, 15) is 13.5 Å². The molecule has 2 heterocycles. The van der Waals surface area contributed by atoms with Crippen LogP contribution in [0.5, 0.6) is 5.75 Å². The van der Waals surface area contributed by atoms with E-state index >= 15 is 0 Å². The summed E-state index contributed by atoms with van der Waals surface area (Å²) < 4.78 is 28.4. The summed E-state index contributed by atoms with van der Waals surface area (Å²) in [6.45, 7) is 0.469. The molecule has 0 aliphatic carbocycles. The predicted molar refractivity (Wildman–Crippen MR) is 98.6 cm³/mol. The fraction of sp³-hybridized carbons (Fsp3) is 0.235. The molecule has 2 aromatic carbocycles. The summed E-state index contributed by atoms with van der Waals surface area (Å²) in [7, 11) is -3.61. The Hall–Kier alpha value is -1.67. The SMILES string of the molecule is O=S(=O)(c1ccc(Cl)cc1)N1CCCC1c1nc2ccc(O)cc2s1. The van der Waals surface area contributed by atoms with Crippen molar-refractivity contribution in [3.63, 3.8) is 0 Å². The molecule has 1 unspecified atom stereocenters. The highest BCUT2D eigenvalue weighted by atomic mass is 35.5. The number of aromatic hydroxyl groups is 1. The van der Waals surface area contributed by atoms with Gasteiger partial charge in [-0.3, -0.25) is 0 Å². The van der Waals surface area contributed by atoms with Gasteiger partial charge in [0.05, 0.1) is 21.2 Å². The van der Waals surface area contributed by atoms with E-state index in [1.54, 1.807) is 30.3 Å². The molecule has 1 saturated heterocycles. The molecule has 25 heavy (non-hydrogen) atoms. The maximum atomic E-state index is 13.0. The lowest BCUT2D eigenvalue weighted by molar-refractivity contribution is 0.396. The van der Waals surface area contributed by atoms with Crippen LogP contribution in [0.3, 0.4) is 0 Å². The molecule has 130 valence electrons. The maximum Gasteiger partial charge on any atom is 0.243 e. The molecule has 8 heteroatoms. The van der Waals surface area contributed by atoms with Crippen molar-refractivity contribution in [2.45, 2.75) is 23.8 Å². The Bertz CT molecular complexity index is 1030. The molecule has 1 N–H and O–H groups in total. The molecule has 4 rings (SSSR count). The van der Waals surface area contributed by atoms with E-state index in [1.165, 1.54) is 27.8 Å². The number of aromatic nitrogens is 1. The molecule has 0 amide bonds. The van der Waals surface area contributed by atoms with Gasteiger partial charge in [-0.2, -0.15) is 4.31 Å². The second-order valence-corrected chi connectivity index (χ2v) is 9.32. The summed E-state index contributed by atoms with van der Waals surface area (Å²) in [5.74, 6) is 0.180. The number of benzene rings is 2. The topological polar surface area (TPSA) is 70.5 Å². The third kappa shape index (κ3) is 3.01. The van der Waals surface area contributed by atoms with Crippen molar-refractivity contribution in [2.75, 3.05) is 6.54 Å². The first-order valence-corrected chi connectivity index (χ1v) is 10.5. The Morgan fingerprint density at radius 3 is 2.72 bits per heavy atom. The van der Waals surface area contributed by atoms with Crippen molar-refractivity contribution in [3.8, 4) is 5.75 Å². The van der Waals surface area contributed by atoms with Gasteiger partial charge in [0.25, 0.3) is 0 Å². The van der Waals surface area contributed by atoms with Crippen LogP contribution in [0.4, 0.5) is 0 Å². The molecule has 1 aromatic heterocycles. The summed E-state index contributed by atoms with van der Waals surface area (Å²) in [6.07, 6.45) is 1.53. The third-order valence-electron chi connectivity index (χ3n) is 4.30. The van der Waals surface area contributed by atoms with Crippen LogP contribution >= 0.6 is 22.9 Å². The zero-order valence-corrected chi connectivity index (χ0v) is 15.5. The quantitative estimate of drug-likeness (QED) is 0.723. The molecule has 0 spiro atoms. The lowest BCUT2D eigenvalue weighted by Crippen LogP contribution is -2.30. The van der Waals surface area contributed by atoms with Crippen LogP contribution in [-0.2, 0) is 10.0 Å². The minimum absolute atomic E-state index is 0.180. The van der Waals surface area contributed by atoms with Crippen molar-refractivity contribution in [1.29, 1.82) is 0 Å². The number of sulfonamides is 1. The number of halogens is 1. The van der Waals surface area contributed by atoms with Gasteiger partial charge in [0.2, 0.25) is 10.0 Å². The van der Waals surface area contributed by atoms with Crippen molar-refractivity contribution in [3.05, 3.63) is 52.5 Å². The minimum atomic E-state index is -3.61. The number of hydrogen-bond acceptors (Lipinski definition) is 5. The fourth-order valence-corrected chi connectivity index (χ4v) is 6.09. The van der Waals surface area contributed by atoms with E-state index in [0.717, 1.165) is 28.1 Å². The van der Waals surface area contributed by atoms with Crippen molar-refractivity contribution >= 4 is 43.2 Å². The summed E-state index contributed by atoms with van der Waals surface area (Å²) in [5, 5.41) is 10.9. The molecule has 1 aliphatic heterocycles. The van der Waals surface area contributed by atoms with Gasteiger partial charge in [0.15, 0.2) is 0 Å². The van der Waals surface area contributed by atoms with Gasteiger partial charge in [0, 0.05) is 11.6 Å². The lowest BCUT2D eigenvalue weighted by Gasteiger charge is -2.22. The van der Waals surface area contributed by atoms with Gasteiger partial charge in [-0.25, -0.2) is 13.4 Å². The maximum absolute atomic E-state index is 13.0. The van der Waals surface area contributed by atoms with Crippen LogP contribution in [0.15, 0.2) is 47.4 Å². The molecule has 0 bridgehead atoms.